The normalized spacial score (nSPS) is 10.9. The van der Waals surface area contributed by atoms with E-state index in [1.807, 2.05) is 0 Å². The van der Waals surface area contributed by atoms with Crippen LogP contribution in [-0.2, 0) is 19.1 Å². The van der Waals surface area contributed by atoms with Crippen LogP contribution in [0.15, 0.2) is 0 Å². The van der Waals surface area contributed by atoms with Crippen molar-refractivity contribution in [1.82, 2.24) is 4.90 Å². The lowest BCUT2D eigenvalue weighted by Gasteiger charge is -2.21. The van der Waals surface area contributed by atoms with Crippen LogP contribution < -0.4 is 0 Å². The van der Waals surface area contributed by atoms with Gasteiger partial charge in [-0.15, -0.1) is 11.6 Å². The SMILES string of the molecule is C.C.C.CCCCCCCCCOC(=O)CCCCCCCN(CCCl)CCCCCCCC(=O)OC(CCCCCCCC)CCCCCCCC. The molecule has 0 radical (unpaired) electrons. The van der Waals surface area contributed by atoms with Crippen LogP contribution in [0.3, 0.4) is 0 Å². The Kier molecular flexibility index (Phi) is 54.7. The second kappa shape index (κ2) is 49.2. The van der Waals surface area contributed by atoms with Gasteiger partial charge < -0.3 is 14.4 Å². The first-order chi connectivity index (χ1) is 24.6. The molecule has 0 atom stereocenters. The fourth-order valence-electron chi connectivity index (χ4n) is 6.85. The highest BCUT2D eigenvalue weighted by Gasteiger charge is 2.14. The van der Waals surface area contributed by atoms with E-state index in [9.17, 15) is 9.59 Å². The van der Waals surface area contributed by atoms with Crippen molar-refractivity contribution in [2.45, 2.75) is 261 Å². The Morgan fingerprint density at radius 3 is 1.25 bits per heavy atom. The highest BCUT2D eigenvalue weighted by atomic mass is 35.5. The second-order valence-corrected chi connectivity index (χ2v) is 15.5. The maximum Gasteiger partial charge on any atom is 0.306 e. The Morgan fingerprint density at radius 2 is 0.811 bits per heavy atom. The van der Waals surface area contributed by atoms with E-state index in [0.29, 0.717) is 25.3 Å². The summed E-state index contributed by atoms with van der Waals surface area (Å²) in [4.78, 5) is 27.2. The standard InChI is InChI=1S/C44H86ClNO4.3CH4/c1-4-7-10-13-16-25-32-41-49-43(47)35-28-21-17-23-30-38-46(40-37-45)39-31-24-18-22-29-36-44(48)50-42(33-26-19-14-11-8-5-2)34-27-20-15-12-9-6-3;;;/h42H,4-41H2,1-3H3;3*1H4. The van der Waals surface area contributed by atoms with Gasteiger partial charge in [0.25, 0.3) is 0 Å². The number of hydrogen-bond donors (Lipinski definition) is 0. The maximum absolute atomic E-state index is 12.7. The van der Waals surface area contributed by atoms with E-state index >= 15 is 0 Å². The Morgan fingerprint density at radius 1 is 0.453 bits per heavy atom. The minimum Gasteiger partial charge on any atom is -0.466 e. The number of alkyl halides is 1. The quantitative estimate of drug-likeness (QED) is 0.0352. The number of rotatable bonds is 41. The van der Waals surface area contributed by atoms with Gasteiger partial charge in [0.15, 0.2) is 0 Å². The third-order valence-electron chi connectivity index (χ3n) is 10.2. The van der Waals surface area contributed by atoms with Crippen molar-refractivity contribution in [3.63, 3.8) is 0 Å². The molecule has 0 saturated heterocycles. The van der Waals surface area contributed by atoms with Gasteiger partial charge in [0.05, 0.1) is 6.61 Å². The van der Waals surface area contributed by atoms with Crippen LogP contribution in [0, 0.1) is 0 Å². The van der Waals surface area contributed by atoms with Gasteiger partial charge in [0.1, 0.15) is 6.10 Å². The molecular weight excluding hydrogens is 678 g/mol. The van der Waals surface area contributed by atoms with Crippen LogP contribution in [0.1, 0.15) is 255 Å². The van der Waals surface area contributed by atoms with Crippen molar-refractivity contribution < 1.29 is 19.1 Å². The fourth-order valence-corrected chi connectivity index (χ4v) is 7.09. The van der Waals surface area contributed by atoms with E-state index in [1.165, 1.54) is 154 Å². The van der Waals surface area contributed by atoms with Crippen molar-refractivity contribution in [3.8, 4) is 0 Å². The van der Waals surface area contributed by atoms with Gasteiger partial charge in [-0.3, -0.25) is 9.59 Å². The Labute approximate surface area is 339 Å². The highest BCUT2D eigenvalue weighted by molar-refractivity contribution is 6.18. The van der Waals surface area contributed by atoms with Crippen molar-refractivity contribution in [3.05, 3.63) is 0 Å². The maximum atomic E-state index is 12.7. The first-order valence-electron chi connectivity index (χ1n) is 22.2. The summed E-state index contributed by atoms with van der Waals surface area (Å²) in [5.74, 6) is 0.691. The van der Waals surface area contributed by atoms with Gasteiger partial charge >= 0.3 is 11.9 Å². The number of nitrogens with zero attached hydrogens (tertiary/aromatic N) is 1. The molecule has 6 heteroatoms. The minimum atomic E-state index is -0.0181. The largest absolute Gasteiger partial charge is 0.466 e. The topological polar surface area (TPSA) is 55.8 Å². The number of esters is 2. The van der Waals surface area contributed by atoms with Crippen molar-refractivity contribution in [2.75, 3.05) is 32.1 Å². The molecule has 0 spiro atoms. The summed E-state index contributed by atoms with van der Waals surface area (Å²) in [6.07, 6.45) is 38.8. The van der Waals surface area contributed by atoms with Crippen molar-refractivity contribution in [1.29, 1.82) is 0 Å². The van der Waals surface area contributed by atoms with E-state index in [2.05, 4.69) is 25.7 Å². The first kappa shape index (κ1) is 58.9. The molecule has 0 aliphatic heterocycles. The lowest BCUT2D eigenvalue weighted by Crippen LogP contribution is -2.28. The van der Waals surface area contributed by atoms with Gasteiger partial charge in [-0.2, -0.15) is 0 Å². The van der Waals surface area contributed by atoms with Crippen molar-refractivity contribution >= 4 is 23.5 Å². The molecule has 0 rings (SSSR count). The fraction of sp³-hybridized carbons (Fsp3) is 0.957. The number of ether oxygens (including phenoxy) is 2. The van der Waals surface area contributed by atoms with Crippen LogP contribution in [0.4, 0.5) is 0 Å². The van der Waals surface area contributed by atoms with E-state index in [0.717, 1.165) is 64.6 Å². The Balaban J connectivity index is -0.00000400. The molecule has 0 fully saturated rings. The minimum absolute atomic E-state index is 0. The van der Waals surface area contributed by atoms with E-state index in [1.54, 1.807) is 0 Å². The molecule has 0 aromatic rings. The van der Waals surface area contributed by atoms with Gasteiger partial charge in [-0.1, -0.05) is 184 Å². The van der Waals surface area contributed by atoms with Crippen LogP contribution in [0.5, 0.6) is 0 Å². The summed E-state index contributed by atoms with van der Waals surface area (Å²) in [5.41, 5.74) is 0. The monoisotopic (exact) mass is 776 g/mol. The molecule has 0 unspecified atom stereocenters. The van der Waals surface area contributed by atoms with E-state index < -0.39 is 0 Å². The molecule has 0 bridgehead atoms. The Hall–Kier alpha value is -0.810. The number of hydrogen-bond acceptors (Lipinski definition) is 5. The molecular formula is C47H98ClNO4. The Bertz CT molecular complexity index is 690. The third-order valence-corrected chi connectivity index (χ3v) is 10.3. The molecule has 322 valence electrons. The molecule has 0 aliphatic carbocycles. The average molecular weight is 777 g/mol. The average Bonchev–Trinajstić information content (AvgIpc) is 3.11. The lowest BCUT2D eigenvalue weighted by molar-refractivity contribution is -0.150. The predicted octanol–water partition coefficient (Wildman–Crippen LogP) is 15.8. The summed E-state index contributed by atoms with van der Waals surface area (Å²) in [7, 11) is 0. The zero-order valence-corrected chi connectivity index (χ0v) is 34.7. The smallest absolute Gasteiger partial charge is 0.306 e. The molecule has 5 nitrogen and oxygen atoms in total. The summed E-state index contributed by atoms with van der Waals surface area (Å²) in [5, 5.41) is 0. The van der Waals surface area contributed by atoms with E-state index in [4.69, 9.17) is 21.1 Å². The predicted molar refractivity (Wildman–Crippen MR) is 238 cm³/mol. The molecule has 0 aromatic carbocycles. The second-order valence-electron chi connectivity index (χ2n) is 15.1. The van der Waals surface area contributed by atoms with Gasteiger partial charge in [0.2, 0.25) is 0 Å². The lowest BCUT2D eigenvalue weighted by atomic mass is 10.0. The number of halogens is 1. The molecule has 0 heterocycles. The highest BCUT2D eigenvalue weighted by Crippen LogP contribution is 2.18. The zero-order valence-electron chi connectivity index (χ0n) is 33.9. The number of unbranched alkanes of at least 4 members (excludes halogenated alkanes) is 24. The molecule has 0 aliphatic rings. The van der Waals surface area contributed by atoms with Crippen LogP contribution in [0.2, 0.25) is 0 Å². The zero-order chi connectivity index (χ0) is 36.6. The van der Waals surface area contributed by atoms with Crippen LogP contribution in [-0.4, -0.2) is 55.1 Å². The third kappa shape index (κ3) is 45.5. The summed E-state index contributed by atoms with van der Waals surface area (Å²) >= 11 is 6.11. The summed E-state index contributed by atoms with van der Waals surface area (Å²) in [6, 6.07) is 0. The summed E-state index contributed by atoms with van der Waals surface area (Å²) < 4.78 is 11.4. The first-order valence-corrected chi connectivity index (χ1v) is 22.7. The molecule has 0 N–H and O–H groups in total. The van der Waals surface area contributed by atoms with Gasteiger partial charge in [0, 0.05) is 25.3 Å². The van der Waals surface area contributed by atoms with Gasteiger partial charge in [-0.05, 0) is 70.9 Å². The molecule has 53 heavy (non-hydrogen) atoms. The van der Waals surface area contributed by atoms with Crippen molar-refractivity contribution in [2.24, 2.45) is 0 Å². The van der Waals surface area contributed by atoms with Gasteiger partial charge in [-0.25, -0.2) is 0 Å². The van der Waals surface area contributed by atoms with E-state index in [-0.39, 0.29) is 40.3 Å². The molecule has 0 saturated carbocycles. The van der Waals surface area contributed by atoms with Crippen LogP contribution >= 0.6 is 11.6 Å². The number of carbonyl (C=O) groups excluding carboxylic acids is 2. The molecule has 0 aromatic heterocycles. The van der Waals surface area contributed by atoms with Crippen LogP contribution in [0.25, 0.3) is 0 Å². The summed E-state index contributed by atoms with van der Waals surface area (Å²) in [6.45, 7) is 10.5. The molecule has 0 amide bonds. The number of carbonyl (C=O) groups is 2.